The summed E-state index contributed by atoms with van der Waals surface area (Å²) in [5.74, 6) is 1.56. The number of aryl methyl sites for hydroxylation is 1. The van der Waals surface area contributed by atoms with Gasteiger partial charge in [0, 0.05) is 25.6 Å². The smallest absolute Gasteiger partial charge is 0.321 e. The Hall–Kier alpha value is -1.70. The molecule has 1 atom stereocenters. The van der Waals surface area contributed by atoms with Crippen LogP contribution in [-0.2, 0) is 9.59 Å². The first-order valence-electron chi connectivity index (χ1n) is 6.20. The number of hydrogen-bond donors (Lipinski definition) is 0. The monoisotopic (exact) mass is 296 g/mol. The zero-order valence-electron chi connectivity index (χ0n) is 11.6. The van der Waals surface area contributed by atoms with Crippen LogP contribution in [0.25, 0.3) is 0 Å². The van der Waals surface area contributed by atoms with E-state index in [0.29, 0.717) is 30.5 Å². The Morgan fingerprint density at radius 1 is 1.45 bits per heavy atom. The number of ether oxygens (including phenoxy) is 1. The summed E-state index contributed by atoms with van der Waals surface area (Å²) in [5, 5.41) is 0.0635. The number of rotatable bonds is 4. The molecule has 20 heavy (non-hydrogen) atoms. The van der Waals surface area contributed by atoms with E-state index in [4.69, 9.17) is 4.74 Å². The van der Waals surface area contributed by atoms with Gasteiger partial charge in [-0.05, 0) is 12.8 Å². The van der Waals surface area contributed by atoms with Crippen LogP contribution < -0.4 is 9.64 Å². The van der Waals surface area contributed by atoms with E-state index in [0.717, 1.165) is 0 Å². The number of carbonyl (C=O) groups excluding carboxylic acids is 2. The molecule has 108 valence electrons. The summed E-state index contributed by atoms with van der Waals surface area (Å²) in [6, 6.07) is 0.196. The zero-order valence-corrected chi connectivity index (χ0v) is 12.4. The molecule has 1 aromatic heterocycles. The van der Waals surface area contributed by atoms with Gasteiger partial charge in [-0.25, -0.2) is 0 Å². The van der Waals surface area contributed by atoms with Crippen molar-refractivity contribution in [3.05, 3.63) is 5.82 Å². The maximum absolute atomic E-state index is 12.0. The lowest BCUT2D eigenvalue weighted by Gasteiger charge is -2.15. The van der Waals surface area contributed by atoms with Crippen molar-refractivity contribution in [2.75, 3.05) is 24.3 Å². The molecular formula is C12H16N4O3S. The molecule has 1 aromatic rings. The number of methoxy groups -OCH3 is 1. The normalized spacial score (nSPS) is 18.4. The number of aromatic nitrogens is 3. The number of hydrogen-bond acceptors (Lipinski definition) is 7. The summed E-state index contributed by atoms with van der Waals surface area (Å²) in [4.78, 5) is 36.8. The SMILES string of the molecule is COc1nc(C)nc(N2CC(CSC(C)=O)CC2=O)n1. The fourth-order valence-corrected chi connectivity index (χ4v) is 2.67. The highest BCUT2D eigenvalue weighted by Gasteiger charge is 2.32. The Labute approximate surface area is 121 Å². The molecular weight excluding hydrogens is 280 g/mol. The number of amides is 1. The molecule has 1 unspecified atom stereocenters. The summed E-state index contributed by atoms with van der Waals surface area (Å²) in [6.07, 6.45) is 0.410. The van der Waals surface area contributed by atoms with E-state index in [1.807, 2.05) is 0 Å². The van der Waals surface area contributed by atoms with Gasteiger partial charge in [0.2, 0.25) is 11.9 Å². The third kappa shape index (κ3) is 3.44. The minimum atomic E-state index is -0.0354. The highest BCUT2D eigenvalue weighted by molar-refractivity contribution is 8.13. The Bertz CT molecular complexity index is 537. The average molecular weight is 296 g/mol. The van der Waals surface area contributed by atoms with Gasteiger partial charge in [0.05, 0.1) is 7.11 Å². The standard InChI is InChI=1S/C12H16N4O3S/c1-7-13-11(15-12(14-7)19-3)16-5-9(4-10(16)18)6-20-8(2)17/h9H,4-6H2,1-3H3. The van der Waals surface area contributed by atoms with Gasteiger partial charge in [-0.15, -0.1) is 0 Å². The first-order valence-corrected chi connectivity index (χ1v) is 7.18. The maximum Gasteiger partial charge on any atom is 0.321 e. The summed E-state index contributed by atoms with van der Waals surface area (Å²) >= 11 is 1.24. The van der Waals surface area contributed by atoms with Crippen molar-refractivity contribution in [1.82, 2.24) is 15.0 Å². The van der Waals surface area contributed by atoms with E-state index >= 15 is 0 Å². The second kappa shape index (κ2) is 6.17. The van der Waals surface area contributed by atoms with Crippen LogP contribution >= 0.6 is 11.8 Å². The van der Waals surface area contributed by atoms with Crippen molar-refractivity contribution in [2.45, 2.75) is 20.3 Å². The Kier molecular flexibility index (Phi) is 4.53. The molecule has 1 aliphatic rings. The van der Waals surface area contributed by atoms with Crippen molar-refractivity contribution in [1.29, 1.82) is 0 Å². The van der Waals surface area contributed by atoms with E-state index < -0.39 is 0 Å². The van der Waals surface area contributed by atoms with Crippen LogP contribution in [0.4, 0.5) is 5.95 Å². The molecule has 0 saturated carbocycles. The van der Waals surface area contributed by atoms with E-state index in [-0.39, 0.29) is 23.0 Å². The van der Waals surface area contributed by atoms with Crippen LogP contribution in [0.2, 0.25) is 0 Å². The lowest BCUT2D eigenvalue weighted by molar-refractivity contribution is -0.117. The van der Waals surface area contributed by atoms with Gasteiger partial charge in [-0.3, -0.25) is 14.5 Å². The molecule has 0 N–H and O–H groups in total. The van der Waals surface area contributed by atoms with Crippen molar-refractivity contribution in [2.24, 2.45) is 5.92 Å². The molecule has 0 bridgehead atoms. The largest absolute Gasteiger partial charge is 0.467 e. The summed E-state index contributed by atoms with van der Waals surface area (Å²) < 4.78 is 4.99. The quantitative estimate of drug-likeness (QED) is 0.813. The Morgan fingerprint density at radius 3 is 2.85 bits per heavy atom. The third-order valence-corrected chi connectivity index (χ3v) is 3.91. The van der Waals surface area contributed by atoms with Gasteiger partial charge in [0.1, 0.15) is 5.82 Å². The second-order valence-electron chi connectivity index (χ2n) is 4.55. The Morgan fingerprint density at radius 2 is 2.20 bits per heavy atom. The minimum absolute atomic E-state index is 0.0354. The molecule has 0 aromatic carbocycles. The average Bonchev–Trinajstić information content (AvgIpc) is 2.77. The predicted molar refractivity (Wildman–Crippen MR) is 74.7 cm³/mol. The first-order chi connectivity index (χ1) is 9.49. The van der Waals surface area contributed by atoms with Gasteiger partial charge in [-0.1, -0.05) is 11.8 Å². The van der Waals surface area contributed by atoms with Crippen molar-refractivity contribution >= 4 is 28.7 Å². The molecule has 1 fully saturated rings. The molecule has 1 amide bonds. The maximum atomic E-state index is 12.0. The minimum Gasteiger partial charge on any atom is -0.467 e. The molecule has 8 heteroatoms. The molecule has 0 aliphatic carbocycles. The summed E-state index contributed by atoms with van der Waals surface area (Å²) in [6.45, 7) is 3.77. The van der Waals surface area contributed by atoms with Crippen LogP contribution in [-0.4, -0.2) is 45.4 Å². The lowest BCUT2D eigenvalue weighted by atomic mass is 10.1. The van der Waals surface area contributed by atoms with Crippen LogP contribution in [0.3, 0.4) is 0 Å². The van der Waals surface area contributed by atoms with E-state index in [1.165, 1.54) is 30.7 Å². The molecule has 7 nitrogen and oxygen atoms in total. The van der Waals surface area contributed by atoms with Crippen molar-refractivity contribution in [3.8, 4) is 6.01 Å². The van der Waals surface area contributed by atoms with Crippen LogP contribution in [0.5, 0.6) is 6.01 Å². The fraction of sp³-hybridized carbons (Fsp3) is 0.583. The highest BCUT2D eigenvalue weighted by atomic mass is 32.2. The third-order valence-electron chi connectivity index (χ3n) is 2.87. The van der Waals surface area contributed by atoms with Crippen LogP contribution in [0, 0.1) is 12.8 Å². The molecule has 1 aliphatic heterocycles. The number of nitrogens with zero attached hydrogens (tertiary/aromatic N) is 4. The van der Waals surface area contributed by atoms with E-state index in [2.05, 4.69) is 15.0 Å². The lowest BCUT2D eigenvalue weighted by Crippen LogP contribution is -2.27. The molecule has 2 rings (SSSR count). The molecule has 0 radical (unpaired) electrons. The molecule has 2 heterocycles. The number of anilines is 1. The van der Waals surface area contributed by atoms with Gasteiger partial charge in [-0.2, -0.15) is 15.0 Å². The topological polar surface area (TPSA) is 85.3 Å². The van der Waals surface area contributed by atoms with Gasteiger partial charge in [0.15, 0.2) is 5.12 Å². The summed E-state index contributed by atoms with van der Waals surface area (Å²) in [5.41, 5.74) is 0. The summed E-state index contributed by atoms with van der Waals surface area (Å²) in [7, 11) is 1.47. The van der Waals surface area contributed by atoms with E-state index in [1.54, 1.807) is 6.92 Å². The fourth-order valence-electron chi connectivity index (χ4n) is 1.98. The van der Waals surface area contributed by atoms with E-state index in [9.17, 15) is 9.59 Å². The van der Waals surface area contributed by atoms with Gasteiger partial charge < -0.3 is 4.74 Å². The van der Waals surface area contributed by atoms with Crippen LogP contribution in [0.15, 0.2) is 0 Å². The van der Waals surface area contributed by atoms with Gasteiger partial charge in [0.25, 0.3) is 0 Å². The Balaban J connectivity index is 2.11. The second-order valence-corrected chi connectivity index (χ2v) is 5.74. The van der Waals surface area contributed by atoms with Crippen molar-refractivity contribution in [3.63, 3.8) is 0 Å². The van der Waals surface area contributed by atoms with Crippen LogP contribution in [0.1, 0.15) is 19.2 Å². The number of carbonyl (C=O) groups is 2. The highest BCUT2D eigenvalue weighted by Crippen LogP contribution is 2.25. The number of thioether (sulfide) groups is 1. The first kappa shape index (κ1) is 14.7. The molecule has 1 saturated heterocycles. The zero-order chi connectivity index (χ0) is 14.7. The molecule has 0 spiro atoms. The van der Waals surface area contributed by atoms with Gasteiger partial charge >= 0.3 is 6.01 Å². The predicted octanol–water partition coefficient (Wildman–Crippen LogP) is 0.821. The van der Waals surface area contributed by atoms with Crippen molar-refractivity contribution < 1.29 is 14.3 Å².